The van der Waals surface area contributed by atoms with Gasteiger partial charge in [-0.05, 0) is 37.5 Å². The van der Waals surface area contributed by atoms with Crippen molar-refractivity contribution in [1.82, 2.24) is 0 Å². The Morgan fingerprint density at radius 3 is 2.82 bits per heavy atom. The van der Waals surface area contributed by atoms with Gasteiger partial charge in [0.25, 0.3) is 0 Å². The molecule has 0 radical (unpaired) electrons. The van der Waals surface area contributed by atoms with Crippen LogP contribution in [0.4, 0.5) is 0 Å². The van der Waals surface area contributed by atoms with Crippen LogP contribution in [0.3, 0.4) is 0 Å². The Morgan fingerprint density at radius 1 is 1.53 bits per heavy atom. The van der Waals surface area contributed by atoms with Gasteiger partial charge >= 0.3 is 5.97 Å². The highest BCUT2D eigenvalue weighted by Gasteiger charge is 2.11. The summed E-state index contributed by atoms with van der Waals surface area (Å²) in [5.74, 6) is -0.287. The molecule has 1 rings (SSSR count). The molecule has 0 saturated carbocycles. The quantitative estimate of drug-likeness (QED) is 0.824. The Bertz CT molecular complexity index is 390. The van der Waals surface area contributed by atoms with E-state index in [4.69, 9.17) is 16.3 Å². The number of carbonyl (C=O) groups is 1. The predicted octanol–water partition coefficient (Wildman–Crippen LogP) is 3.03. The Hall–Kier alpha value is -1.06. The lowest BCUT2D eigenvalue weighted by atomic mass is 10.0. The molecule has 3 nitrogen and oxygen atoms in total. The Labute approximate surface area is 106 Å². The van der Waals surface area contributed by atoms with Gasteiger partial charge in [0.1, 0.15) is 0 Å². The highest BCUT2D eigenvalue weighted by molar-refractivity contribution is 6.31. The summed E-state index contributed by atoms with van der Waals surface area (Å²) in [6.45, 7) is 4.02. The lowest BCUT2D eigenvalue weighted by Gasteiger charge is -2.11. The maximum Gasteiger partial charge on any atom is 0.305 e. The van der Waals surface area contributed by atoms with Crippen molar-refractivity contribution in [1.29, 1.82) is 0 Å². The summed E-state index contributed by atoms with van der Waals surface area (Å²) in [4.78, 5) is 11.1. The van der Waals surface area contributed by atoms with Gasteiger partial charge in [-0.25, -0.2) is 0 Å². The topological polar surface area (TPSA) is 46.5 Å². The van der Waals surface area contributed by atoms with E-state index in [1.165, 1.54) is 0 Å². The van der Waals surface area contributed by atoms with Crippen molar-refractivity contribution in [2.24, 2.45) is 0 Å². The number of aryl methyl sites for hydroxylation is 1. The summed E-state index contributed by atoms with van der Waals surface area (Å²) in [6.07, 6.45) is -0.129. The Kier molecular flexibility index (Phi) is 5.45. The molecular weight excluding hydrogens is 240 g/mol. The third-order valence-electron chi connectivity index (χ3n) is 2.51. The summed E-state index contributed by atoms with van der Waals surface area (Å²) < 4.78 is 4.79. The van der Waals surface area contributed by atoms with E-state index >= 15 is 0 Å². The zero-order valence-electron chi connectivity index (χ0n) is 10.1. The first-order chi connectivity index (χ1) is 8.04. The second kappa shape index (κ2) is 6.62. The second-order valence-electron chi connectivity index (χ2n) is 3.87. The maximum absolute atomic E-state index is 11.1. The Balaban J connectivity index is 2.54. The molecule has 0 heterocycles. The third-order valence-corrected chi connectivity index (χ3v) is 2.92. The van der Waals surface area contributed by atoms with E-state index in [2.05, 4.69) is 0 Å². The fraction of sp³-hybridized carbons (Fsp3) is 0.462. The molecule has 0 aromatic heterocycles. The number of ether oxygens (including phenoxy) is 1. The van der Waals surface area contributed by atoms with Crippen molar-refractivity contribution >= 4 is 17.6 Å². The van der Waals surface area contributed by atoms with Crippen LogP contribution >= 0.6 is 11.6 Å². The SMILES string of the molecule is CCOC(=O)CCC(O)c1ccc(C)c(Cl)c1. The standard InChI is InChI=1S/C13H17ClO3/c1-3-17-13(16)7-6-12(15)10-5-4-9(2)11(14)8-10/h4-5,8,12,15H,3,6-7H2,1-2H3. The van der Waals surface area contributed by atoms with Crippen molar-refractivity contribution in [3.05, 3.63) is 34.3 Å². The average molecular weight is 257 g/mol. The number of aliphatic hydroxyl groups is 1. The molecule has 0 fully saturated rings. The molecule has 0 bridgehead atoms. The summed E-state index contributed by atoms with van der Waals surface area (Å²) in [7, 11) is 0. The minimum absolute atomic E-state index is 0.209. The van der Waals surface area contributed by atoms with E-state index in [0.29, 0.717) is 18.1 Å². The van der Waals surface area contributed by atoms with Crippen molar-refractivity contribution in [3.8, 4) is 0 Å². The molecule has 0 aliphatic heterocycles. The number of benzene rings is 1. The van der Waals surface area contributed by atoms with Gasteiger partial charge in [-0.2, -0.15) is 0 Å². The molecule has 1 aromatic carbocycles. The highest BCUT2D eigenvalue weighted by atomic mass is 35.5. The number of aliphatic hydroxyl groups excluding tert-OH is 1. The summed E-state index contributed by atoms with van der Waals surface area (Å²) in [5, 5.41) is 10.5. The summed E-state index contributed by atoms with van der Waals surface area (Å²) in [5.41, 5.74) is 1.69. The first kappa shape index (κ1) is 14.0. The molecule has 17 heavy (non-hydrogen) atoms. The fourth-order valence-electron chi connectivity index (χ4n) is 1.47. The van der Waals surface area contributed by atoms with Crippen molar-refractivity contribution in [2.75, 3.05) is 6.61 Å². The van der Waals surface area contributed by atoms with E-state index < -0.39 is 6.10 Å². The van der Waals surface area contributed by atoms with Gasteiger partial charge in [0.2, 0.25) is 0 Å². The van der Waals surface area contributed by atoms with Crippen LogP contribution < -0.4 is 0 Å². The molecule has 0 spiro atoms. The molecule has 1 aromatic rings. The molecule has 1 unspecified atom stereocenters. The van der Waals surface area contributed by atoms with Crippen LogP contribution in [0.15, 0.2) is 18.2 Å². The number of carbonyl (C=O) groups excluding carboxylic acids is 1. The van der Waals surface area contributed by atoms with Crippen LogP contribution in [0, 0.1) is 6.92 Å². The first-order valence-electron chi connectivity index (χ1n) is 5.64. The summed E-state index contributed by atoms with van der Waals surface area (Å²) >= 11 is 5.97. The van der Waals surface area contributed by atoms with Gasteiger partial charge in [0.05, 0.1) is 12.7 Å². The zero-order valence-corrected chi connectivity index (χ0v) is 10.8. The van der Waals surface area contributed by atoms with Crippen LogP contribution in [-0.2, 0) is 9.53 Å². The number of hydrogen-bond acceptors (Lipinski definition) is 3. The van der Waals surface area contributed by atoms with Crippen LogP contribution in [0.1, 0.15) is 37.0 Å². The Morgan fingerprint density at radius 2 is 2.24 bits per heavy atom. The van der Waals surface area contributed by atoms with Crippen LogP contribution in [-0.4, -0.2) is 17.7 Å². The molecule has 0 aliphatic rings. The zero-order chi connectivity index (χ0) is 12.8. The van der Waals surface area contributed by atoms with Crippen LogP contribution in [0.25, 0.3) is 0 Å². The predicted molar refractivity (Wildman–Crippen MR) is 67.0 cm³/mol. The van der Waals surface area contributed by atoms with Crippen LogP contribution in [0.5, 0.6) is 0 Å². The number of hydrogen-bond donors (Lipinski definition) is 1. The summed E-state index contributed by atoms with van der Waals surface area (Å²) in [6, 6.07) is 5.40. The molecule has 0 saturated heterocycles. The maximum atomic E-state index is 11.1. The van der Waals surface area contributed by atoms with Gasteiger partial charge in [0, 0.05) is 11.4 Å². The molecule has 0 amide bonds. The van der Waals surface area contributed by atoms with Gasteiger partial charge < -0.3 is 9.84 Å². The normalized spacial score (nSPS) is 12.2. The van der Waals surface area contributed by atoms with E-state index in [-0.39, 0.29) is 12.4 Å². The number of halogens is 1. The third kappa shape index (κ3) is 4.36. The molecule has 94 valence electrons. The minimum Gasteiger partial charge on any atom is -0.466 e. The van der Waals surface area contributed by atoms with Crippen molar-refractivity contribution in [2.45, 2.75) is 32.8 Å². The van der Waals surface area contributed by atoms with Gasteiger partial charge in [-0.1, -0.05) is 23.7 Å². The number of rotatable bonds is 5. The van der Waals surface area contributed by atoms with E-state index in [1.807, 2.05) is 19.1 Å². The van der Waals surface area contributed by atoms with Gasteiger partial charge in [0.15, 0.2) is 0 Å². The molecule has 0 aliphatic carbocycles. The molecule has 4 heteroatoms. The number of esters is 1. The van der Waals surface area contributed by atoms with Crippen LogP contribution in [0.2, 0.25) is 5.02 Å². The van der Waals surface area contributed by atoms with Crippen molar-refractivity contribution < 1.29 is 14.6 Å². The average Bonchev–Trinajstić information content (AvgIpc) is 2.30. The van der Waals surface area contributed by atoms with Gasteiger partial charge in [-0.3, -0.25) is 4.79 Å². The lowest BCUT2D eigenvalue weighted by Crippen LogP contribution is -2.07. The second-order valence-corrected chi connectivity index (χ2v) is 4.28. The highest BCUT2D eigenvalue weighted by Crippen LogP contribution is 2.24. The largest absolute Gasteiger partial charge is 0.466 e. The fourth-order valence-corrected chi connectivity index (χ4v) is 1.66. The molecule has 1 atom stereocenters. The van der Waals surface area contributed by atoms with E-state index in [0.717, 1.165) is 11.1 Å². The molecular formula is C13H17ClO3. The van der Waals surface area contributed by atoms with E-state index in [1.54, 1.807) is 13.0 Å². The lowest BCUT2D eigenvalue weighted by molar-refractivity contribution is -0.143. The van der Waals surface area contributed by atoms with E-state index in [9.17, 15) is 9.90 Å². The molecule has 1 N–H and O–H groups in total. The monoisotopic (exact) mass is 256 g/mol. The van der Waals surface area contributed by atoms with Gasteiger partial charge in [-0.15, -0.1) is 0 Å². The smallest absolute Gasteiger partial charge is 0.305 e. The first-order valence-corrected chi connectivity index (χ1v) is 6.02. The minimum atomic E-state index is -0.683. The van der Waals surface area contributed by atoms with Crippen molar-refractivity contribution in [3.63, 3.8) is 0 Å².